The molecule has 0 radical (unpaired) electrons. The molecule has 8 nitrogen and oxygen atoms in total. The van der Waals surface area contributed by atoms with E-state index in [1.54, 1.807) is 48.5 Å². The summed E-state index contributed by atoms with van der Waals surface area (Å²) >= 11 is 0. The van der Waals surface area contributed by atoms with Crippen LogP contribution in [0.1, 0.15) is 0 Å². The van der Waals surface area contributed by atoms with Crippen molar-refractivity contribution in [1.82, 2.24) is 9.97 Å². The van der Waals surface area contributed by atoms with E-state index in [0.29, 0.717) is 11.4 Å². The Morgan fingerprint density at radius 1 is 0.469 bits per heavy atom. The van der Waals surface area contributed by atoms with Gasteiger partial charge in [-0.05, 0) is 59.7 Å². The van der Waals surface area contributed by atoms with Gasteiger partial charge >= 0.3 is 0 Å². The summed E-state index contributed by atoms with van der Waals surface area (Å²) in [6.45, 7) is 0. The summed E-state index contributed by atoms with van der Waals surface area (Å²) in [6.07, 6.45) is 5.99. The van der Waals surface area contributed by atoms with Crippen molar-refractivity contribution in [2.24, 2.45) is 0 Å². The van der Waals surface area contributed by atoms with Gasteiger partial charge in [0, 0.05) is 24.8 Å². The van der Waals surface area contributed by atoms with Gasteiger partial charge in [-0.2, -0.15) is 0 Å². The average Bonchev–Trinajstić information content (AvgIpc) is 2.80. The number of sulfonamides is 2. The molecule has 0 bridgehead atoms. The molecule has 0 aliphatic rings. The maximum Gasteiger partial charge on any atom is 0.261 e. The van der Waals surface area contributed by atoms with Gasteiger partial charge in [-0.25, -0.2) is 16.8 Å². The van der Waals surface area contributed by atoms with E-state index in [9.17, 15) is 16.8 Å². The van der Waals surface area contributed by atoms with Crippen LogP contribution in [0.15, 0.2) is 107 Å². The number of hydrogen-bond acceptors (Lipinski definition) is 6. The van der Waals surface area contributed by atoms with Gasteiger partial charge in [-0.3, -0.25) is 19.4 Å². The van der Waals surface area contributed by atoms with Crippen LogP contribution in [0.25, 0.3) is 11.1 Å². The van der Waals surface area contributed by atoms with Crippen molar-refractivity contribution in [1.29, 1.82) is 0 Å². The number of hydrogen-bond donors (Lipinski definition) is 2. The van der Waals surface area contributed by atoms with Gasteiger partial charge in [-0.15, -0.1) is 0 Å². The topological polar surface area (TPSA) is 118 Å². The maximum atomic E-state index is 12.5. The van der Waals surface area contributed by atoms with Crippen LogP contribution in [-0.2, 0) is 20.0 Å². The highest BCUT2D eigenvalue weighted by Crippen LogP contribution is 2.25. The first-order valence-corrected chi connectivity index (χ1v) is 12.4. The zero-order valence-corrected chi connectivity index (χ0v) is 18.2. The second-order valence-corrected chi connectivity index (χ2v) is 10.1. The fourth-order valence-electron chi connectivity index (χ4n) is 2.92. The number of anilines is 2. The van der Waals surface area contributed by atoms with Crippen LogP contribution in [0, 0.1) is 0 Å². The monoisotopic (exact) mass is 466 g/mol. The van der Waals surface area contributed by atoms with Gasteiger partial charge in [0.15, 0.2) is 0 Å². The Balaban J connectivity index is 1.51. The lowest BCUT2D eigenvalue weighted by Crippen LogP contribution is -2.13. The van der Waals surface area contributed by atoms with Crippen molar-refractivity contribution < 1.29 is 16.8 Å². The molecule has 2 N–H and O–H groups in total. The first-order valence-electron chi connectivity index (χ1n) is 9.40. The van der Waals surface area contributed by atoms with Crippen LogP contribution < -0.4 is 9.44 Å². The Labute approximate surface area is 186 Å². The van der Waals surface area contributed by atoms with Gasteiger partial charge < -0.3 is 0 Å². The molecule has 0 fully saturated rings. The third-order valence-corrected chi connectivity index (χ3v) is 7.32. The standard InChI is InChI=1S/C22H18N4O4S2/c27-31(28,25-19-9-13-23-14-10-19)21-5-1-17(2-6-21)18-3-7-22(8-4-18)32(29,30)26-20-11-15-24-16-12-20/h1-16H,(H,23,25)(H,24,26). The summed E-state index contributed by atoms with van der Waals surface area (Å²) in [5.41, 5.74) is 2.33. The highest BCUT2D eigenvalue weighted by Gasteiger charge is 2.16. The molecule has 0 saturated heterocycles. The Hall–Kier alpha value is -3.76. The summed E-state index contributed by atoms with van der Waals surface area (Å²) in [5.74, 6) is 0. The van der Waals surface area contributed by atoms with Gasteiger partial charge in [0.05, 0.1) is 21.2 Å². The van der Waals surface area contributed by atoms with Crippen molar-refractivity contribution >= 4 is 31.4 Å². The summed E-state index contributed by atoms with van der Waals surface area (Å²) in [7, 11) is -7.48. The molecule has 32 heavy (non-hydrogen) atoms. The van der Waals surface area contributed by atoms with E-state index in [-0.39, 0.29) is 9.79 Å². The highest BCUT2D eigenvalue weighted by molar-refractivity contribution is 7.93. The molecule has 2 heterocycles. The van der Waals surface area contributed by atoms with Gasteiger partial charge in [0.25, 0.3) is 20.0 Å². The normalized spacial score (nSPS) is 11.6. The summed E-state index contributed by atoms with van der Waals surface area (Å²) in [6, 6.07) is 18.9. The van der Waals surface area contributed by atoms with E-state index >= 15 is 0 Å². The summed E-state index contributed by atoms with van der Waals surface area (Å²) in [4.78, 5) is 7.93. The second kappa shape index (κ2) is 8.77. The van der Waals surface area contributed by atoms with Crippen LogP contribution in [0.4, 0.5) is 11.4 Å². The fourth-order valence-corrected chi connectivity index (χ4v) is 5.04. The molecule has 0 saturated carbocycles. The number of aromatic nitrogens is 2. The first-order chi connectivity index (χ1) is 15.3. The molecule has 0 unspecified atom stereocenters. The lowest BCUT2D eigenvalue weighted by atomic mass is 10.1. The Kier molecular flexibility index (Phi) is 5.89. The molecule has 2 aromatic carbocycles. The zero-order chi connectivity index (χ0) is 22.6. The smallest absolute Gasteiger partial charge is 0.261 e. The van der Waals surface area contributed by atoms with Gasteiger partial charge in [0.2, 0.25) is 0 Å². The average molecular weight is 467 g/mol. The molecule has 0 aliphatic carbocycles. The van der Waals surface area contributed by atoms with Crippen LogP contribution in [-0.4, -0.2) is 26.8 Å². The number of benzene rings is 2. The molecule has 0 amide bonds. The molecule has 0 aliphatic heterocycles. The molecule has 0 atom stereocenters. The van der Waals surface area contributed by atoms with Crippen LogP contribution in [0.5, 0.6) is 0 Å². The van der Waals surface area contributed by atoms with Gasteiger partial charge in [-0.1, -0.05) is 24.3 Å². The molecule has 0 spiro atoms. The second-order valence-electron chi connectivity index (χ2n) is 6.73. The molecule has 4 rings (SSSR count). The summed E-state index contributed by atoms with van der Waals surface area (Å²) < 4.78 is 55.2. The maximum absolute atomic E-state index is 12.5. The van der Waals surface area contributed by atoms with E-state index < -0.39 is 20.0 Å². The van der Waals surface area contributed by atoms with Crippen molar-refractivity contribution in [3.05, 3.63) is 97.6 Å². The minimum Gasteiger partial charge on any atom is -0.280 e. The minimum atomic E-state index is -3.74. The third kappa shape index (κ3) is 4.93. The molecule has 2 aromatic heterocycles. The van der Waals surface area contributed by atoms with Crippen molar-refractivity contribution in [2.45, 2.75) is 9.79 Å². The fraction of sp³-hybridized carbons (Fsp3) is 0. The molecule has 162 valence electrons. The molecular weight excluding hydrogens is 448 g/mol. The first kappa shape index (κ1) is 21.5. The zero-order valence-electron chi connectivity index (χ0n) is 16.6. The predicted octanol–water partition coefficient (Wildman–Crippen LogP) is 3.75. The number of nitrogens with one attached hydrogen (secondary N) is 2. The highest BCUT2D eigenvalue weighted by atomic mass is 32.2. The number of pyridine rings is 2. The van der Waals surface area contributed by atoms with Crippen LogP contribution >= 0.6 is 0 Å². The van der Waals surface area contributed by atoms with E-state index in [1.807, 2.05) is 0 Å². The molecule has 4 aromatic rings. The van der Waals surface area contributed by atoms with Crippen molar-refractivity contribution in [3.63, 3.8) is 0 Å². The van der Waals surface area contributed by atoms with E-state index in [0.717, 1.165) is 11.1 Å². The lowest BCUT2D eigenvalue weighted by molar-refractivity contribution is 0.599. The predicted molar refractivity (Wildman–Crippen MR) is 122 cm³/mol. The molecule has 10 heteroatoms. The molecular formula is C22H18N4O4S2. The van der Waals surface area contributed by atoms with Crippen LogP contribution in [0.3, 0.4) is 0 Å². The van der Waals surface area contributed by atoms with E-state index in [1.165, 1.54) is 49.1 Å². The number of nitrogens with zero attached hydrogens (tertiary/aromatic N) is 2. The lowest BCUT2D eigenvalue weighted by Gasteiger charge is -2.10. The third-order valence-electron chi connectivity index (χ3n) is 4.53. The Bertz CT molecular complexity index is 1300. The minimum absolute atomic E-state index is 0.110. The Morgan fingerprint density at radius 3 is 1.09 bits per heavy atom. The van der Waals surface area contributed by atoms with Crippen molar-refractivity contribution in [2.75, 3.05) is 9.44 Å². The van der Waals surface area contributed by atoms with E-state index in [2.05, 4.69) is 19.4 Å². The van der Waals surface area contributed by atoms with Gasteiger partial charge in [0.1, 0.15) is 0 Å². The number of rotatable bonds is 7. The largest absolute Gasteiger partial charge is 0.280 e. The van der Waals surface area contributed by atoms with E-state index in [4.69, 9.17) is 0 Å². The SMILES string of the molecule is O=S(=O)(Nc1ccncc1)c1ccc(-c2ccc(S(=O)(=O)Nc3ccncc3)cc2)cc1. The quantitative estimate of drug-likeness (QED) is 0.428. The van der Waals surface area contributed by atoms with Crippen LogP contribution in [0.2, 0.25) is 0 Å². The summed E-state index contributed by atoms with van der Waals surface area (Å²) in [5, 5.41) is 0. The van der Waals surface area contributed by atoms with Crippen molar-refractivity contribution in [3.8, 4) is 11.1 Å². The Morgan fingerprint density at radius 2 is 0.781 bits per heavy atom.